The maximum atomic E-state index is 10.4. The Kier molecular flexibility index (Phi) is 7.95. The van der Waals surface area contributed by atoms with Gasteiger partial charge in [-0.15, -0.1) is 0 Å². The Morgan fingerprint density at radius 3 is 2.65 bits per heavy atom. The minimum Gasteiger partial charge on any atom is -0.481 e. The normalized spacial score (nSPS) is 11.9. The zero-order chi connectivity index (χ0) is 15.0. The van der Waals surface area contributed by atoms with Crippen LogP contribution in [0.25, 0.3) is 0 Å². The summed E-state index contributed by atoms with van der Waals surface area (Å²) in [4.78, 5) is 10.4. The third-order valence-electron chi connectivity index (χ3n) is 2.74. The van der Waals surface area contributed by atoms with Gasteiger partial charge in [-0.2, -0.15) is 0 Å². The summed E-state index contributed by atoms with van der Waals surface area (Å²) in [6, 6.07) is 7.86. The Bertz CT molecular complexity index is 451. The molecule has 6 heteroatoms. The lowest BCUT2D eigenvalue weighted by Gasteiger charge is -2.19. The summed E-state index contributed by atoms with van der Waals surface area (Å²) in [7, 11) is 0. The van der Waals surface area contributed by atoms with Crippen LogP contribution in [-0.2, 0) is 4.79 Å². The molecule has 0 aliphatic rings. The Hall–Kier alpha value is -0.780. The number of nitrogens with one attached hydrogen (secondary N) is 1. The number of carboxylic acids is 1. The third-order valence-corrected chi connectivity index (χ3v) is 4.34. The van der Waals surface area contributed by atoms with Gasteiger partial charge in [0.2, 0.25) is 0 Å². The largest absolute Gasteiger partial charge is 0.481 e. The topological polar surface area (TPSA) is 49.3 Å². The molecule has 1 rings (SSSR count). The number of hydrogen-bond acceptors (Lipinski definition) is 3. The summed E-state index contributed by atoms with van der Waals surface area (Å²) in [6.07, 6.45) is 1.72. The van der Waals surface area contributed by atoms with Crippen LogP contribution in [0, 0.1) is 0 Å². The van der Waals surface area contributed by atoms with Crippen molar-refractivity contribution in [3.63, 3.8) is 0 Å². The Balaban J connectivity index is 2.41. The van der Waals surface area contributed by atoms with E-state index in [1.165, 1.54) is 11.8 Å². The van der Waals surface area contributed by atoms with Gasteiger partial charge in [-0.05, 0) is 30.5 Å². The Morgan fingerprint density at radius 1 is 1.45 bits per heavy atom. The van der Waals surface area contributed by atoms with Crippen molar-refractivity contribution in [1.29, 1.82) is 0 Å². The maximum absolute atomic E-state index is 10.4. The van der Waals surface area contributed by atoms with E-state index in [0.29, 0.717) is 15.8 Å². The second-order valence-corrected chi connectivity index (χ2v) is 6.50. The first-order valence-corrected chi connectivity index (χ1v) is 8.20. The van der Waals surface area contributed by atoms with Crippen molar-refractivity contribution in [3.8, 4) is 0 Å². The molecule has 0 spiro atoms. The molecule has 0 bridgehead atoms. The molecule has 0 saturated carbocycles. The highest BCUT2D eigenvalue weighted by Gasteiger charge is 2.10. The van der Waals surface area contributed by atoms with Crippen LogP contribution >= 0.6 is 35.6 Å². The van der Waals surface area contributed by atoms with Crippen LogP contribution in [0.3, 0.4) is 0 Å². The lowest BCUT2D eigenvalue weighted by atomic mass is 10.1. The number of carbonyl (C=O) groups is 1. The molecule has 0 aromatic heterocycles. The third kappa shape index (κ3) is 6.59. The molecule has 1 aromatic rings. The molecule has 20 heavy (non-hydrogen) atoms. The minimum absolute atomic E-state index is 0.159. The van der Waals surface area contributed by atoms with Gasteiger partial charge in [-0.3, -0.25) is 4.79 Å². The van der Waals surface area contributed by atoms with E-state index >= 15 is 0 Å². The van der Waals surface area contributed by atoms with Crippen molar-refractivity contribution in [2.75, 3.05) is 5.75 Å². The zero-order valence-electron chi connectivity index (χ0n) is 11.3. The van der Waals surface area contributed by atoms with E-state index in [4.69, 9.17) is 28.9 Å². The summed E-state index contributed by atoms with van der Waals surface area (Å²) < 4.78 is 0.706. The number of aliphatic carboxylic acids is 1. The van der Waals surface area contributed by atoms with E-state index in [2.05, 4.69) is 12.2 Å². The highest BCUT2D eigenvalue weighted by Crippen LogP contribution is 2.20. The van der Waals surface area contributed by atoms with E-state index in [1.54, 1.807) is 0 Å². The molecule has 2 N–H and O–H groups in total. The van der Waals surface area contributed by atoms with E-state index in [1.807, 2.05) is 24.3 Å². The van der Waals surface area contributed by atoms with Gasteiger partial charge >= 0.3 is 5.97 Å². The highest BCUT2D eigenvalue weighted by atomic mass is 35.5. The molecule has 0 aliphatic carbocycles. The SMILES string of the molecule is CCC(NC(=S)SCCCC(=O)O)c1ccc(Cl)cc1. The average Bonchev–Trinajstić information content (AvgIpc) is 2.42. The zero-order valence-corrected chi connectivity index (χ0v) is 13.7. The number of halogens is 1. The average molecular weight is 332 g/mol. The molecule has 0 fully saturated rings. The molecule has 0 heterocycles. The quantitative estimate of drug-likeness (QED) is 0.577. The molecule has 1 atom stereocenters. The van der Waals surface area contributed by atoms with Gasteiger partial charge in [0.25, 0.3) is 0 Å². The predicted molar refractivity (Wildman–Crippen MR) is 89.5 cm³/mol. The van der Waals surface area contributed by atoms with E-state index in [-0.39, 0.29) is 12.5 Å². The van der Waals surface area contributed by atoms with Crippen molar-refractivity contribution in [2.24, 2.45) is 0 Å². The van der Waals surface area contributed by atoms with Crippen molar-refractivity contribution in [1.82, 2.24) is 5.32 Å². The number of thioether (sulfide) groups is 1. The fraction of sp³-hybridized carbons (Fsp3) is 0.429. The van der Waals surface area contributed by atoms with E-state index < -0.39 is 5.97 Å². The Morgan fingerprint density at radius 2 is 2.10 bits per heavy atom. The summed E-state index contributed by atoms with van der Waals surface area (Å²) in [5.74, 6) is -0.0491. The highest BCUT2D eigenvalue weighted by molar-refractivity contribution is 8.22. The second kappa shape index (κ2) is 9.21. The molecular weight excluding hydrogens is 314 g/mol. The van der Waals surface area contributed by atoms with Crippen molar-refractivity contribution >= 4 is 45.9 Å². The maximum Gasteiger partial charge on any atom is 0.303 e. The van der Waals surface area contributed by atoms with Crippen molar-refractivity contribution < 1.29 is 9.90 Å². The molecule has 1 unspecified atom stereocenters. The molecule has 0 saturated heterocycles. The van der Waals surface area contributed by atoms with Gasteiger partial charge in [0.05, 0.1) is 6.04 Å². The van der Waals surface area contributed by atoms with Gasteiger partial charge in [-0.1, -0.05) is 54.6 Å². The van der Waals surface area contributed by atoms with Gasteiger partial charge in [0.15, 0.2) is 0 Å². The second-order valence-electron chi connectivity index (χ2n) is 4.29. The first-order chi connectivity index (χ1) is 9.52. The lowest BCUT2D eigenvalue weighted by Crippen LogP contribution is -2.24. The molecule has 0 aliphatic heterocycles. The fourth-order valence-electron chi connectivity index (χ4n) is 1.69. The summed E-state index contributed by atoms with van der Waals surface area (Å²) in [5, 5.41) is 12.6. The molecule has 1 aromatic carbocycles. The van der Waals surface area contributed by atoms with Crippen LogP contribution < -0.4 is 5.32 Å². The molecular formula is C14H18ClNO2S2. The smallest absolute Gasteiger partial charge is 0.303 e. The van der Waals surface area contributed by atoms with E-state index in [9.17, 15) is 4.79 Å². The number of hydrogen-bond donors (Lipinski definition) is 2. The lowest BCUT2D eigenvalue weighted by molar-refractivity contribution is -0.137. The van der Waals surface area contributed by atoms with Crippen LogP contribution in [-0.4, -0.2) is 21.1 Å². The molecule has 0 radical (unpaired) electrons. The van der Waals surface area contributed by atoms with Crippen LogP contribution in [0.4, 0.5) is 0 Å². The summed E-state index contributed by atoms with van der Waals surface area (Å²) in [5.41, 5.74) is 1.14. The first kappa shape index (κ1) is 17.3. The summed E-state index contributed by atoms with van der Waals surface area (Å²) >= 11 is 12.6. The Labute approximate surface area is 134 Å². The molecule has 0 amide bonds. The van der Waals surface area contributed by atoms with Gasteiger partial charge in [-0.25, -0.2) is 0 Å². The summed E-state index contributed by atoms with van der Waals surface area (Å²) in [6.45, 7) is 2.09. The standard InChI is InChI=1S/C14H18ClNO2S2/c1-2-12(10-5-7-11(15)8-6-10)16-14(19)20-9-3-4-13(17)18/h5-8,12H,2-4,9H2,1H3,(H,16,19)(H,17,18). The first-order valence-electron chi connectivity index (χ1n) is 6.43. The number of carboxylic acid groups (broad SMARTS) is 1. The van der Waals surface area contributed by atoms with Crippen molar-refractivity contribution in [3.05, 3.63) is 34.9 Å². The van der Waals surface area contributed by atoms with Crippen LogP contribution in [0.5, 0.6) is 0 Å². The van der Waals surface area contributed by atoms with Crippen LogP contribution in [0.1, 0.15) is 37.8 Å². The minimum atomic E-state index is -0.767. The van der Waals surface area contributed by atoms with E-state index in [0.717, 1.165) is 17.7 Å². The fourth-order valence-corrected chi connectivity index (χ4v) is 2.91. The number of rotatable bonds is 7. The van der Waals surface area contributed by atoms with Gasteiger partial charge in [0, 0.05) is 17.2 Å². The van der Waals surface area contributed by atoms with Gasteiger partial charge < -0.3 is 10.4 Å². The van der Waals surface area contributed by atoms with Gasteiger partial charge in [0.1, 0.15) is 4.32 Å². The van der Waals surface area contributed by atoms with Crippen LogP contribution in [0.15, 0.2) is 24.3 Å². The molecule has 3 nitrogen and oxygen atoms in total. The number of thiocarbonyl (C=S) groups is 1. The molecule has 110 valence electrons. The van der Waals surface area contributed by atoms with Crippen LogP contribution in [0.2, 0.25) is 5.02 Å². The van der Waals surface area contributed by atoms with Crippen molar-refractivity contribution in [2.45, 2.75) is 32.2 Å². The monoisotopic (exact) mass is 331 g/mol. The number of benzene rings is 1. The predicted octanol–water partition coefficient (Wildman–Crippen LogP) is 4.26.